The van der Waals surface area contributed by atoms with Gasteiger partial charge in [0, 0.05) is 39.8 Å². The number of nitrogens with zero attached hydrogens (tertiary/aromatic N) is 2. The second-order valence-electron chi connectivity index (χ2n) is 14.1. The van der Waals surface area contributed by atoms with Crippen LogP contribution in [0.25, 0.3) is 0 Å². The number of nitrogens with one attached hydrogen (secondary N) is 4. The van der Waals surface area contributed by atoms with Gasteiger partial charge < -0.3 is 25.6 Å². The molecule has 4 N–H and O–H groups in total. The molecule has 2 saturated heterocycles. The highest BCUT2D eigenvalue weighted by Gasteiger charge is 2.44. The fraction of sp³-hybridized carbons (Fsp3) is 0.867. The van der Waals surface area contributed by atoms with Gasteiger partial charge in [-0.05, 0) is 36.5 Å². The van der Waals surface area contributed by atoms with Crippen LogP contribution in [0.3, 0.4) is 0 Å². The summed E-state index contributed by atoms with van der Waals surface area (Å²) in [5.74, 6) is -1.45. The molecule has 5 atom stereocenters. The number of amides is 4. The summed E-state index contributed by atoms with van der Waals surface area (Å²) in [5.41, 5.74) is -1.11. The maximum absolute atomic E-state index is 14.1. The lowest BCUT2D eigenvalue weighted by Gasteiger charge is -2.39. The highest BCUT2D eigenvalue weighted by atomic mass is 32.2. The van der Waals surface area contributed by atoms with Gasteiger partial charge in [0.25, 0.3) is 5.91 Å². The van der Waals surface area contributed by atoms with E-state index < -0.39 is 69.0 Å². The predicted molar refractivity (Wildman–Crippen MR) is 169 cm³/mol. The molecule has 0 spiro atoms. The number of unbranched alkanes of at least 4 members (excludes halogenated alkanes) is 1. The van der Waals surface area contributed by atoms with E-state index in [2.05, 4.69) is 21.3 Å². The molecule has 2 unspecified atom stereocenters. The van der Waals surface area contributed by atoms with Gasteiger partial charge in [0.05, 0.1) is 17.8 Å². The molecule has 13 nitrogen and oxygen atoms in total. The van der Waals surface area contributed by atoms with Gasteiger partial charge in [-0.25, -0.2) is 13.2 Å². The fourth-order valence-corrected chi connectivity index (χ4v) is 7.21. The number of ketones is 1. The van der Waals surface area contributed by atoms with Gasteiger partial charge in [-0.3, -0.25) is 19.7 Å². The van der Waals surface area contributed by atoms with Crippen molar-refractivity contribution in [3.05, 3.63) is 0 Å². The summed E-state index contributed by atoms with van der Waals surface area (Å²) in [6.07, 6.45) is 3.19. The summed E-state index contributed by atoms with van der Waals surface area (Å²) in [6, 6.07) is -3.14. The third-order valence-corrected chi connectivity index (χ3v) is 10.4. The van der Waals surface area contributed by atoms with E-state index >= 15 is 0 Å². The number of likely N-dealkylation sites (N-methyl/N-ethyl adjacent to an activating group) is 1. The van der Waals surface area contributed by atoms with Crippen LogP contribution in [-0.4, -0.2) is 111 Å². The van der Waals surface area contributed by atoms with Crippen molar-refractivity contribution in [2.45, 2.75) is 117 Å². The Morgan fingerprint density at radius 2 is 1.64 bits per heavy atom. The van der Waals surface area contributed by atoms with Crippen molar-refractivity contribution in [3.8, 4) is 0 Å². The third kappa shape index (κ3) is 10.1. The van der Waals surface area contributed by atoms with Gasteiger partial charge >= 0.3 is 6.03 Å². The minimum absolute atomic E-state index is 0.101. The molecule has 2 aliphatic heterocycles. The number of ether oxygens (including phenoxy) is 1. The summed E-state index contributed by atoms with van der Waals surface area (Å²) in [7, 11) is -0.439. The van der Waals surface area contributed by atoms with Crippen LogP contribution in [-0.2, 0) is 29.1 Å². The first-order chi connectivity index (χ1) is 20.4. The molecule has 2 heterocycles. The molecule has 2 aliphatic rings. The lowest BCUT2D eigenvalue weighted by Crippen LogP contribution is -2.62. The van der Waals surface area contributed by atoms with Crippen LogP contribution in [0.5, 0.6) is 0 Å². The van der Waals surface area contributed by atoms with E-state index in [9.17, 15) is 27.6 Å². The van der Waals surface area contributed by atoms with E-state index in [1.165, 1.54) is 18.5 Å². The highest BCUT2D eigenvalue weighted by Crippen LogP contribution is 2.28. The zero-order valence-corrected chi connectivity index (χ0v) is 28.9. The van der Waals surface area contributed by atoms with E-state index in [-0.39, 0.29) is 18.2 Å². The largest absolute Gasteiger partial charge is 0.364 e. The summed E-state index contributed by atoms with van der Waals surface area (Å²) in [6.45, 7) is 14.4. The van der Waals surface area contributed by atoms with Crippen LogP contribution in [0.2, 0.25) is 0 Å². The number of carbonyl (C=O) groups is 4. The van der Waals surface area contributed by atoms with Crippen molar-refractivity contribution < 1.29 is 32.3 Å². The average Bonchev–Trinajstić information content (AvgIpc) is 3.55. The Morgan fingerprint density at radius 3 is 2.14 bits per heavy atom. The summed E-state index contributed by atoms with van der Waals surface area (Å²) < 4.78 is 32.1. The van der Waals surface area contributed by atoms with Crippen LogP contribution < -0.4 is 21.3 Å². The molecule has 0 radical (unpaired) electrons. The SMILES string of the molecule is CCCCC(NC(OC)[C@@H]1CCCN1C(=O)[C@@H](NC(=O)N[C@H](CN1CCCS1(=O)=O)C(C)(C)C)C(C)(C)C)C(=O)C(=O)NC. The molecule has 0 aromatic carbocycles. The number of methoxy groups -OCH3 is 1. The zero-order chi connectivity index (χ0) is 33.5. The summed E-state index contributed by atoms with van der Waals surface area (Å²) in [5, 5.41) is 11.4. The fourth-order valence-electron chi connectivity index (χ4n) is 5.68. The van der Waals surface area contributed by atoms with Crippen molar-refractivity contribution in [2.24, 2.45) is 10.8 Å². The van der Waals surface area contributed by atoms with Crippen molar-refractivity contribution >= 4 is 33.7 Å². The van der Waals surface area contributed by atoms with Crippen molar-refractivity contribution in [3.63, 3.8) is 0 Å². The lowest BCUT2D eigenvalue weighted by atomic mass is 9.85. The standard InChI is InChI=1S/C30H56N6O7S/c1-10-11-14-20(23(37)25(38)31-8)32-26(43-9)21-15-12-17-36(21)27(39)24(30(5,6)7)34-28(40)33-22(29(2,3)4)19-35-16-13-18-44(35,41)42/h20-22,24,26,32H,10-19H2,1-9H3,(H,31,38)(H2,33,34,40)/t20?,21-,22+,24+,26?/m0/s1. The van der Waals surface area contributed by atoms with Crippen LogP contribution in [0, 0.1) is 10.8 Å². The maximum Gasteiger partial charge on any atom is 0.315 e. The van der Waals surface area contributed by atoms with Crippen LogP contribution >= 0.6 is 0 Å². The first-order valence-corrected chi connectivity index (χ1v) is 17.4. The number of hydrogen-bond acceptors (Lipinski definition) is 8. The summed E-state index contributed by atoms with van der Waals surface area (Å²) >= 11 is 0. The third-order valence-electron chi connectivity index (χ3n) is 8.49. The van der Waals surface area contributed by atoms with E-state index in [1.807, 2.05) is 48.5 Å². The quantitative estimate of drug-likeness (QED) is 0.163. The lowest BCUT2D eigenvalue weighted by molar-refractivity contribution is -0.142. The van der Waals surface area contributed by atoms with Crippen LogP contribution in [0.4, 0.5) is 4.79 Å². The molecule has 2 rings (SSSR count). The molecule has 0 aromatic heterocycles. The smallest absolute Gasteiger partial charge is 0.315 e. The van der Waals surface area contributed by atoms with E-state index in [0.717, 1.165) is 12.8 Å². The number of urea groups is 1. The Balaban J connectivity index is 2.24. The molecule has 0 aliphatic carbocycles. The zero-order valence-electron chi connectivity index (χ0n) is 28.1. The molecular formula is C30H56N6O7S. The average molecular weight is 645 g/mol. The van der Waals surface area contributed by atoms with E-state index in [4.69, 9.17) is 4.74 Å². The molecular weight excluding hydrogens is 588 g/mol. The van der Waals surface area contributed by atoms with Crippen molar-refractivity contribution in [1.29, 1.82) is 0 Å². The number of sulfonamides is 1. The van der Waals surface area contributed by atoms with E-state index in [1.54, 1.807) is 4.90 Å². The monoisotopic (exact) mass is 644 g/mol. The predicted octanol–water partition coefficient (Wildman–Crippen LogP) is 1.58. The molecule has 254 valence electrons. The number of carbonyl (C=O) groups excluding carboxylic acids is 4. The van der Waals surface area contributed by atoms with Gasteiger partial charge in [0.2, 0.25) is 21.7 Å². The Kier molecular flexibility index (Phi) is 13.6. The topological polar surface area (TPSA) is 166 Å². The molecule has 0 saturated carbocycles. The highest BCUT2D eigenvalue weighted by molar-refractivity contribution is 7.89. The number of rotatable bonds is 14. The summed E-state index contributed by atoms with van der Waals surface area (Å²) in [4.78, 5) is 54.2. The first kappa shape index (κ1) is 37.9. The molecule has 0 bridgehead atoms. The number of Topliss-reactive ketones (excluding diaryl/α,β-unsaturated/α-hetero) is 1. The van der Waals surface area contributed by atoms with Gasteiger partial charge in [-0.1, -0.05) is 61.3 Å². The molecule has 4 amide bonds. The number of hydrogen-bond donors (Lipinski definition) is 4. The maximum atomic E-state index is 14.1. The van der Waals surface area contributed by atoms with E-state index in [0.29, 0.717) is 38.8 Å². The van der Waals surface area contributed by atoms with Crippen molar-refractivity contribution in [2.75, 3.05) is 39.5 Å². The van der Waals surface area contributed by atoms with Gasteiger partial charge in [-0.15, -0.1) is 0 Å². The second kappa shape index (κ2) is 15.8. The van der Waals surface area contributed by atoms with Gasteiger partial charge in [0.15, 0.2) is 0 Å². The Hall–Kier alpha value is -2.29. The van der Waals surface area contributed by atoms with Crippen LogP contribution in [0.15, 0.2) is 0 Å². The molecule has 44 heavy (non-hydrogen) atoms. The molecule has 2 fully saturated rings. The van der Waals surface area contributed by atoms with Crippen molar-refractivity contribution in [1.82, 2.24) is 30.5 Å². The Morgan fingerprint density at radius 1 is 0.977 bits per heavy atom. The minimum Gasteiger partial charge on any atom is -0.364 e. The second-order valence-corrected chi connectivity index (χ2v) is 16.2. The first-order valence-electron chi connectivity index (χ1n) is 15.8. The molecule has 14 heteroatoms. The van der Waals surface area contributed by atoms with Gasteiger partial charge in [-0.2, -0.15) is 4.31 Å². The minimum atomic E-state index is -3.35. The number of likely N-dealkylation sites (tertiary alicyclic amines) is 1. The molecule has 0 aromatic rings. The van der Waals surface area contributed by atoms with Crippen LogP contribution in [0.1, 0.15) is 87.0 Å². The Bertz CT molecular complexity index is 1120. The van der Waals surface area contributed by atoms with Gasteiger partial charge in [0.1, 0.15) is 12.3 Å². The normalized spacial score (nSPS) is 21.8. The Labute approximate surface area is 264 Å².